The quantitative estimate of drug-likeness (QED) is 0.563. The minimum Gasteiger partial charge on any atom is -0.459 e. The fraction of sp³-hybridized carbons (Fsp3) is 0.571. The molecule has 1 aromatic heterocycles. The third-order valence-electron chi connectivity index (χ3n) is 1.17. The number of carbonyl (C=O) groups excluding carboxylic acids is 1. The molecule has 0 radical (unpaired) electrons. The van der Waals surface area contributed by atoms with Crippen LogP contribution in [0.5, 0.6) is 0 Å². The van der Waals surface area contributed by atoms with Crippen molar-refractivity contribution in [3.63, 3.8) is 0 Å². The van der Waals surface area contributed by atoms with Gasteiger partial charge in [0.05, 0.1) is 13.2 Å². The Labute approximate surface area is 84.7 Å². The van der Waals surface area contributed by atoms with Crippen molar-refractivity contribution in [1.29, 1.82) is 0 Å². The second-order valence-corrected chi connectivity index (χ2v) is 3.21. The number of esters is 1. The second kappa shape index (κ2) is 5.61. The number of aliphatic hydroxyl groups is 1. The fourth-order valence-electron chi connectivity index (χ4n) is 0.676. The Balaban J connectivity index is 2.54. The Hall–Kier alpha value is -1.08. The summed E-state index contributed by atoms with van der Waals surface area (Å²) in [5.41, 5.74) is 0. The van der Waals surface area contributed by atoms with Gasteiger partial charge >= 0.3 is 11.9 Å². The molecule has 0 fully saturated rings. The molecule has 0 bridgehead atoms. The van der Waals surface area contributed by atoms with Crippen LogP contribution in [0.15, 0.2) is 9.64 Å². The molecule has 0 aliphatic carbocycles. The number of nitrogens with zero attached hydrogens (tertiary/aromatic N) is 2. The molecule has 0 aromatic carbocycles. The standard InChI is InChI=1S/C7H10N2O4S/c1-2-12-6(11)5-8-9-7(13-5)14-4-3-10/h10H,2-4H2,1H3. The summed E-state index contributed by atoms with van der Waals surface area (Å²) in [6, 6.07) is 0. The molecule has 1 N–H and O–H groups in total. The Morgan fingerprint density at radius 2 is 2.43 bits per heavy atom. The van der Waals surface area contributed by atoms with Gasteiger partial charge in [0, 0.05) is 5.75 Å². The highest BCUT2D eigenvalue weighted by Gasteiger charge is 2.15. The van der Waals surface area contributed by atoms with E-state index in [0.717, 1.165) is 0 Å². The summed E-state index contributed by atoms with van der Waals surface area (Å²) in [6.07, 6.45) is 0. The van der Waals surface area contributed by atoms with Gasteiger partial charge < -0.3 is 14.3 Å². The summed E-state index contributed by atoms with van der Waals surface area (Å²) in [7, 11) is 0. The van der Waals surface area contributed by atoms with Crippen molar-refractivity contribution in [3.05, 3.63) is 5.89 Å². The number of hydrogen-bond donors (Lipinski definition) is 1. The zero-order valence-electron chi connectivity index (χ0n) is 7.60. The molecule has 0 spiro atoms. The zero-order valence-corrected chi connectivity index (χ0v) is 8.41. The van der Waals surface area contributed by atoms with E-state index < -0.39 is 5.97 Å². The predicted octanol–water partition coefficient (Wildman–Crippen LogP) is 0.331. The molecule has 0 amide bonds. The highest BCUT2D eigenvalue weighted by Crippen LogP contribution is 2.15. The molecule has 1 heterocycles. The first-order valence-electron chi connectivity index (χ1n) is 4.02. The highest BCUT2D eigenvalue weighted by atomic mass is 32.2. The first-order valence-corrected chi connectivity index (χ1v) is 5.00. The topological polar surface area (TPSA) is 85.5 Å². The first kappa shape index (κ1) is 11.0. The van der Waals surface area contributed by atoms with Crippen LogP contribution in [-0.4, -0.2) is 40.2 Å². The minimum atomic E-state index is -0.629. The van der Waals surface area contributed by atoms with E-state index in [-0.39, 0.29) is 24.3 Å². The van der Waals surface area contributed by atoms with E-state index in [1.807, 2.05) is 0 Å². The van der Waals surface area contributed by atoms with Gasteiger partial charge in [-0.15, -0.1) is 5.10 Å². The Kier molecular flexibility index (Phi) is 4.41. The lowest BCUT2D eigenvalue weighted by molar-refractivity contribution is 0.0475. The monoisotopic (exact) mass is 218 g/mol. The number of ether oxygens (including phenoxy) is 1. The van der Waals surface area contributed by atoms with Gasteiger partial charge in [-0.3, -0.25) is 0 Å². The van der Waals surface area contributed by atoms with Gasteiger partial charge in [-0.1, -0.05) is 16.9 Å². The van der Waals surface area contributed by atoms with Gasteiger partial charge in [0.1, 0.15) is 0 Å². The fourth-order valence-corrected chi connectivity index (χ4v) is 1.18. The molecule has 0 unspecified atom stereocenters. The maximum Gasteiger partial charge on any atom is 0.396 e. The van der Waals surface area contributed by atoms with Crippen LogP contribution < -0.4 is 0 Å². The second-order valence-electron chi connectivity index (χ2n) is 2.17. The lowest BCUT2D eigenvalue weighted by Crippen LogP contribution is -2.04. The normalized spacial score (nSPS) is 10.1. The van der Waals surface area contributed by atoms with Crippen molar-refractivity contribution in [2.24, 2.45) is 0 Å². The Morgan fingerprint density at radius 3 is 3.07 bits per heavy atom. The summed E-state index contributed by atoms with van der Waals surface area (Å²) < 4.78 is 9.61. The largest absolute Gasteiger partial charge is 0.459 e. The van der Waals surface area contributed by atoms with Gasteiger partial charge in [0.25, 0.3) is 5.22 Å². The molecular weight excluding hydrogens is 208 g/mol. The third-order valence-corrected chi connectivity index (χ3v) is 1.97. The molecule has 0 saturated carbocycles. The van der Waals surface area contributed by atoms with E-state index in [1.54, 1.807) is 6.92 Å². The molecule has 0 saturated heterocycles. The van der Waals surface area contributed by atoms with Crippen molar-refractivity contribution in [2.45, 2.75) is 12.1 Å². The van der Waals surface area contributed by atoms with Gasteiger partial charge in [0.15, 0.2) is 0 Å². The Bertz CT molecular complexity index is 302. The Morgan fingerprint density at radius 1 is 1.64 bits per heavy atom. The average molecular weight is 218 g/mol. The van der Waals surface area contributed by atoms with Gasteiger partial charge in [-0.2, -0.15) is 0 Å². The van der Waals surface area contributed by atoms with E-state index in [0.29, 0.717) is 5.75 Å². The minimum absolute atomic E-state index is 0.0157. The smallest absolute Gasteiger partial charge is 0.396 e. The maximum absolute atomic E-state index is 11.1. The van der Waals surface area contributed by atoms with Crippen LogP contribution in [0, 0.1) is 0 Å². The molecule has 7 heteroatoms. The number of hydrogen-bond acceptors (Lipinski definition) is 7. The maximum atomic E-state index is 11.1. The summed E-state index contributed by atoms with van der Waals surface area (Å²) >= 11 is 1.18. The van der Waals surface area contributed by atoms with E-state index in [9.17, 15) is 4.79 Å². The van der Waals surface area contributed by atoms with Crippen LogP contribution in [0.1, 0.15) is 17.6 Å². The van der Waals surface area contributed by atoms with E-state index >= 15 is 0 Å². The number of rotatable bonds is 5. The van der Waals surface area contributed by atoms with Crippen LogP contribution in [-0.2, 0) is 4.74 Å². The van der Waals surface area contributed by atoms with Crippen molar-refractivity contribution < 1.29 is 19.1 Å². The van der Waals surface area contributed by atoms with Gasteiger partial charge in [-0.25, -0.2) is 4.79 Å². The average Bonchev–Trinajstić information content (AvgIpc) is 2.63. The molecule has 1 rings (SSSR count). The van der Waals surface area contributed by atoms with E-state index in [2.05, 4.69) is 14.9 Å². The van der Waals surface area contributed by atoms with Crippen molar-refractivity contribution in [2.75, 3.05) is 19.0 Å². The van der Waals surface area contributed by atoms with Gasteiger partial charge in [0.2, 0.25) is 0 Å². The van der Waals surface area contributed by atoms with Crippen molar-refractivity contribution in [1.82, 2.24) is 10.2 Å². The van der Waals surface area contributed by atoms with Crippen LogP contribution in [0.4, 0.5) is 0 Å². The van der Waals surface area contributed by atoms with Crippen LogP contribution in [0.25, 0.3) is 0 Å². The SMILES string of the molecule is CCOC(=O)c1nnc(SCCO)o1. The number of carbonyl (C=O) groups is 1. The van der Waals surface area contributed by atoms with E-state index in [1.165, 1.54) is 11.8 Å². The summed E-state index contributed by atoms with van der Waals surface area (Å²) in [4.78, 5) is 11.1. The van der Waals surface area contributed by atoms with Crippen molar-refractivity contribution >= 4 is 17.7 Å². The lowest BCUT2D eigenvalue weighted by atomic mass is 10.7. The summed E-state index contributed by atoms with van der Waals surface area (Å²) in [6.45, 7) is 1.97. The van der Waals surface area contributed by atoms with Crippen LogP contribution >= 0.6 is 11.8 Å². The lowest BCUT2D eigenvalue weighted by Gasteiger charge is -1.94. The summed E-state index contributed by atoms with van der Waals surface area (Å²) in [5.74, 6) is -0.340. The number of aromatic nitrogens is 2. The molecule has 6 nitrogen and oxygen atoms in total. The first-order chi connectivity index (χ1) is 6.77. The van der Waals surface area contributed by atoms with Crippen LogP contribution in [0.2, 0.25) is 0 Å². The number of thioether (sulfide) groups is 1. The van der Waals surface area contributed by atoms with Crippen LogP contribution in [0.3, 0.4) is 0 Å². The summed E-state index contributed by atoms with van der Waals surface area (Å²) in [5, 5.41) is 15.9. The molecule has 78 valence electrons. The molecule has 0 aliphatic rings. The van der Waals surface area contributed by atoms with E-state index in [4.69, 9.17) is 9.52 Å². The molecule has 0 aliphatic heterocycles. The molecule has 14 heavy (non-hydrogen) atoms. The molecule has 1 aromatic rings. The highest BCUT2D eigenvalue weighted by molar-refractivity contribution is 7.99. The molecular formula is C7H10N2O4S. The number of aliphatic hydroxyl groups excluding tert-OH is 1. The molecule has 0 atom stereocenters. The zero-order chi connectivity index (χ0) is 10.4. The third kappa shape index (κ3) is 3.00. The predicted molar refractivity (Wildman–Crippen MR) is 48.1 cm³/mol. The van der Waals surface area contributed by atoms with Gasteiger partial charge in [-0.05, 0) is 6.92 Å². The van der Waals surface area contributed by atoms with Crippen molar-refractivity contribution in [3.8, 4) is 0 Å².